The average Bonchev–Trinajstić information content (AvgIpc) is 2.38. The largest absolute Gasteiger partial charge is 0.481 e. The molecule has 12 heteroatoms. The standard InChI is InChI=1S/C10H20O10P2/c11-9(12)3-7-21(15,16)19-5-1-2-6-20-22(17,18)8-4-10(13)14/h1-8H2,(H,11,12)(H,13,14)(H,15,16)(H,17,18). The van der Waals surface area contributed by atoms with E-state index >= 15 is 0 Å². The molecular weight excluding hydrogens is 342 g/mol. The zero-order valence-electron chi connectivity index (χ0n) is 11.8. The monoisotopic (exact) mass is 362 g/mol. The van der Waals surface area contributed by atoms with E-state index < -0.39 is 52.3 Å². The summed E-state index contributed by atoms with van der Waals surface area (Å²) < 4.78 is 32.1. The van der Waals surface area contributed by atoms with Crippen LogP contribution in [0.3, 0.4) is 0 Å². The molecule has 0 amide bonds. The van der Waals surface area contributed by atoms with Crippen molar-refractivity contribution in [2.24, 2.45) is 0 Å². The van der Waals surface area contributed by atoms with Crippen molar-refractivity contribution in [2.45, 2.75) is 25.7 Å². The molecular formula is C10H20O10P2. The Kier molecular flexibility index (Phi) is 9.75. The molecule has 0 rings (SSSR count). The number of carboxylic acid groups (broad SMARTS) is 2. The van der Waals surface area contributed by atoms with Crippen LogP contribution in [0.5, 0.6) is 0 Å². The second kappa shape index (κ2) is 10.1. The normalized spacial score (nSPS) is 16.6. The summed E-state index contributed by atoms with van der Waals surface area (Å²) in [5, 5.41) is 16.8. The summed E-state index contributed by atoms with van der Waals surface area (Å²) >= 11 is 0. The molecule has 2 unspecified atom stereocenters. The first-order chi connectivity index (χ1) is 10.0. The van der Waals surface area contributed by atoms with Crippen molar-refractivity contribution in [2.75, 3.05) is 25.5 Å². The number of hydrogen-bond acceptors (Lipinski definition) is 6. The molecule has 0 saturated carbocycles. The van der Waals surface area contributed by atoms with E-state index in [0.717, 1.165) is 0 Å². The molecule has 4 N–H and O–H groups in total. The summed E-state index contributed by atoms with van der Waals surface area (Å²) in [5.74, 6) is -2.40. The van der Waals surface area contributed by atoms with Crippen LogP contribution >= 0.6 is 15.2 Å². The molecule has 0 radical (unpaired) electrons. The smallest absolute Gasteiger partial charge is 0.328 e. The Morgan fingerprint density at radius 1 is 0.773 bits per heavy atom. The molecule has 0 aliphatic rings. The highest BCUT2D eigenvalue weighted by Crippen LogP contribution is 2.43. The predicted molar refractivity (Wildman–Crippen MR) is 75.0 cm³/mol. The second-order valence-electron chi connectivity index (χ2n) is 4.38. The van der Waals surface area contributed by atoms with Gasteiger partial charge in [-0.3, -0.25) is 18.7 Å². The Morgan fingerprint density at radius 2 is 1.09 bits per heavy atom. The summed E-state index contributed by atoms with van der Waals surface area (Å²) in [6.07, 6.45) is -1.41. The van der Waals surface area contributed by atoms with Gasteiger partial charge < -0.3 is 29.0 Å². The van der Waals surface area contributed by atoms with Crippen LogP contribution in [-0.2, 0) is 27.8 Å². The Morgan fingerprint density at radius 3 is 1.36 bits per heavy atom. The van der Waals surface area contributed by atoms with Crippen LogP contribution in [0.25, 0.3) is 0 Å². The zero-order chi connectivity index (χ0) is 17.2. The highest BCUT2D eigenvalue weighted by molar-refractivity contribution is 7.53. The molecule has 0 aliphatic heterocycles. The number of carbonyl (C=O) groups is 2. The van der Waals surface area contributed by atoms with Crippen LogP contribution in [0.1, 0.15) is 25.7 Å². The number of aliphatic carboxylic acids is 2. The van der Waals surface area contributed by atoms with E-state index in [1.807, 2.05) is 0 Å². The third-order valence-electron chi connectivity index (χ3n) is 2.34. The van der Waals surface area contributed by atoms with E-state index in [2.05, 4.69) is 9.05 Å². The lowest BCUT2D eigenvalue weighted by Crippen LogP contribution is -2.04. The van der Waals surface area contributed by atoms with Crippen molar-refractivity contribution in [1.29, 1.82) is 0 Å². The van der Waals surface area contributed by atoms with E-state index in [1.54, 1.807) is 0 Å². The molecule has 0 aliphatic carbocycles. The van der Waals surface area contributed by atoms with Gasteiger partial charge in [-0.2, -0.15) is 0 Å². The van der Waals surface area contributed by atoms with Gasteiger partial charge in [0.1, 0.15) is 0 Å². The maximum atomic E-state index is 11.4. The molecule has 0 spiro atoms. The molecule has 22 heavy (non-hydrogen) atoms. The minimum Gasteiger partial charge on any atom is -0.481 e. The van der Waals surface area contributed by atoms with E-state index in [1.165, 1.54) is 0 Å². The van der Waals surface area contributed by atoms with Gasteiger partial charge in [-0.25, -0.2) is 0 Å². The Hall–Kier alpha value is -0.760. The van der Waals surface area contributed by atoms with Crippen LogP contribution in [0.4, 0.5) is 0 Å². The minimum absolute atomic E-state index is 0.123. The van der Waals surface area contributed by atoms with Gasteiger partial charge in [0.15, 0.2) is 0 Å². The molecule has 2 atom stereocenters. The molecule has 0 heterocycles. The van der Waals surface area contributed by atoms with Gasteiger partial charge in [0.05, 0.1) is 38.4 Å². The topological polar surface area (TPSA) is 168 Å². The van der Waals surface area contributed by atoms with E-state index in [9.17, 15) is 28.5 Å². The number of rotatable bonds is 13. The van der Waals surface area contributed by atoms with Crippen LogP contribution < -0.4 is 0 Å². The van der Waals surface area contributed by atoms with E-state index in [0.29, 0.717) is 0 Å². The lowest BCUT2D eigenvalue weighted by atomic mass is 10.3. The van der Waals surface area contributed by atoms with Gasteiger partial charge >= 0.3 is 27.1 Å². The number of hydrogen-bond donors (Lipinski definition) is 4. The van der Waals surface area contributed by atoms with Crippen molar-refractivity contribution in [3.05, 3.63) is 0 Å². The SMILES string of the molecule is O=C(O)CCP(=O)(O)OCCCCOP(=O)(O)CCC(=O)O. The number of carboxylic acids is 2. The molecule has 0 fully saturated rings. The Labute approximate surface area is 127 Å². The first-order valence-corrected chi connectivity index (χ1v) is 9.93. The van der Waals surface area contributed by atoms with Crippen molar-refractivity contribution >= 4 is 27.1 Å². The van der Waals surface area contributed by atoms with E-state index in [-0.39, 0.29) is 26.1 Å². The van der Waals surface area contributed by atoms with Gasteiger partial charge in [0.25, 0.3) is 0 Å². The maximum absolute atomic E-state index is 11.4. The summed E-state index contributed by atoms with van der Waals surface area (Å²) in [7, 11) is -7.88. The minimum atomic E-state index is -3.94. The summed E-state index contributed by atoms with van der Waals surface area (Å²) in [5.41, 5.74) is 0. The fourth-order valence-corrected chi connectivity index (χ4v) is 3.26. The van der Waals surface area contributed by atoms with Gasteiger partial charge in [-0.05, 0) is 12.8 Å². The van der Waals surface area contributed by atoms with Crippen LogP contribution in [-0.4, -0.2) is 57.5 Å². The molecule has 0 saturated heterocycles. The van der Waals surface area contributed by atoms with Gasteiger partial charge in [-0.15, -0.1) is 0 Å². The molecule has 0 aromatic rings. The van der Waals surface area contributed by atoms with Crippen molar-refractivity contribution in [3.63, 3.8) is 0 Å². The third-order valence-corrected chi connectivity index (χ3v) is 5.09. The fourth-order valence-electron chi connectivity index (χ4n) is 1.22. The highest BCUT2D eigenvalue weighted by Gasteiger charge is 2.21. The predicted octanol–water partition coefficient (Wildman–Crippen LogP) is 1.12. The zero-order valence-corrected chi connectivity index (χ0v) is 13.6. The van der Waals surface area contributed by atoms with Crippen LogP contribution in [0.15, 0.2) is 0 Å². The quantitative estimate of drug-likeness (QED) is 0.275. The van der Waals surface area contributed by atoms with Crippen molar-refractivity contribution in [1.82, 2.24) is 0 Å². The molecule has 130 valence electrons. The van der Waals surface area contributed by atoms with Crippen LogP contribution in [0, 0.1) is 0 Å². The first kappa shape index (κ1) is 21.2. The van der Waals surface area contributed by atoms with Crippen molar-refractivity contribution < 1.29 is 47.8 Å². The lowest BCUT2D eigenvalue weighted by molar-refractivity contribution is -0.137. The molecule has 0 bridgehead atoms. The Balaban J connectivity index is 3.76. The molecule has 0 aromatic carbocycles. The fraction of sp³-hybridized carbons (Fsp3) is 0.800. The highest BCUT2D eigenvalue weighted by atomic mass is 31.2. The maximum Gasteiger partial charge on any atom is 0.328 e. The average molecular weight is 362 g/mol. The van der Waals surface area contributed by atoms with Crippen molar-refractivity contribution in [3.8, 4) is 0 Å². The summed E-state index contributed by atoms with van der Waals surface area (Å²) in [6.45, 7) is -0.247. The third kappa shape index (κ3) is 12.9. The lowest BCUT2D eigenvalue weighted by Gasteiger charge is -2.12. The number of unbranched alkanes of at least 4 members (excludes halogenated alkanes) is 1. The second-order valence-corrected chi connectivity index (χ2v) is 8.34. The first-order valence-electron chi connectivity index (χ1n) is 6.40. The molecule has 10 nitrogen and oxygen atoms in total. The van der Waals surface area contributed by atoms with Gasteiger partial charge in [0.2, 0.25) is 0 Å². The van der Waals surface area contributed by atoms with E-state index in [4.69, 9.17) is 10.2 Å². The van der Waals surface area contributed by atoms with Gasteiger partial charge in [0, 0.05) is 0 Å². The summed E-state index contributed by atoms with van der Waals surface area (Å²) in [6, 6.07) is 0. The van der Waals surface area contributed by atoms with Crippen LogP contribution in [0.2, 0.25) is 0 Å². The molecule has 0 aromatic heterocycles. The summed E-state index contributed by atoms with van der Waals surface area (Å²) in [4.78, 5) is 39.1. The van der Waals surface area contributed by atoms with Gasteiger partial charge in [-0.1, -0.05) is 0 Å². The Bertz CT molecular complexity index is 421.